The summed E-state index contributed by atoms with van der Waals surface area (Å²) in [6, 6.07) is 0. The average Bonchev–Trinajstić information content (AvgIpc) is 2.40. The van der Waals surface area contributed by atoms with Crippen molar-refractivity contribution in [2.24, 2.45) is 23.5 Å². The molecule has 2 atom stereocenters. The molecule has 0 amide bonds. The van der Waals surface area contributed by atoms with Crippen LogP contribution in [-0.2, 0) is 4.74 Å². The molecule has 0 aromatic carbocycles. The van der Waals surface area contributed by atoms with Crippen LogP contribution < -0.4 is 5.73 Å². The topological polar surface area (TPSA) is 35.2 Å². The molecule has 1 aliphatic rings. The zero-order chi connectivity index (χ0) is 8.27. The van der Waals surface area contributed by atoms with Gasteiger partial charge in [0.25, 0.3) is 0 Å². The number of hydrogen-bond acceptors (Lipinski definition) is 2. The lowest BCUT2D eigenvalue weighted by molar-refractivity contribution is 0.161. The van der Waals surface area contributed by atoms with Crippen LogP contribution in [0.5, 0.6) is 0 Å². The lowest BCUT2D eigenvalue weighted by Gasteiger charge is -2.24. The summed E-state index contributed by atoms with van der Waals surface area (Å²) in [7, 11) is 0. The van der Waals surface area contributed by atoms with E-state index in [1.54, 1.807) is 0 Å². The Bertz CT molecular complexity index is 108. The van der Waals surface area contributed by atoms with E-state index in [1.165, 1.54) is 6.42 Å². The molecule has 0 saturated carbocycles. The third-order valence-corrected chi connectivity index (χ3v) is 2.70. The Morgan fingerprint density at radius 1 is 1.55 bits per heavy atom. The SMILES string of the molecule is CC(C)C(CN)C1CCOC1. The summed E-state index contributed by atoms with van der Waals surface area (Å²) in [4.78, 5) is 0. The van der Waals surface area contributed by atoms with Gasteiger partial charge >= 0.3 is 0 Å². The normalized spacial score (nSPS) is 27.8. The van der Waals surface area contributed by atoms with Crippen molar-refractivity contribution in [2.45, 2.75) is 20.3 Å². The van der Waals surface area contributed by atoms with E-state index >= 15 is 0 Å². The highest BCUT2D eigenvalue weighted by atomic mass is 16.5. The summed E-state index contributed by atoms with van der Waals surface area (Å²) in [6.45, 7) is 7.17. The standard InChI is InChI=1S/C9H19NO/c1-7(2)9(5-10)8-3-4-11-6-8/h7-9H,3-6,10H2,1-2H3. The molecule has 1 saturated heterocycles. The Balaban J connectivity index is 2.40. The van der Waals surface area contributed by atoms with Gasteiger partial charge in [0.05, 0.1) is 0 Å². The van der Waals surface area contributed by atoms with Gasteiger partial charge in [-0.3, -0.25) is 0 Å². The second-order valence-electron chi connectivity index (χ2n) is 3.77. The zero-order valence-corrected chi connectivity index (χ0v) is 7.55. The van der Waals surface area contributed by atoms with Gasteiger partial charge in [0.15, 0.2) is 0 Å². The maximum absolute atomic E-state index is 5.70. The van der Waals surface area contributed by atoms with Crippen LogP contribution >= 0.6 is 0 Å². The van der Waals surface area contributed by atoms with Crippen LogP contribution in [0, 0.1) is 17.8 Å². The number of ether oxygens (including phenoxy) is 1. The quantitative estimate of drug-likeness (QED) is 0.669. The molecule has 0 aliphatic carbocycles. The van der Waals surface area contributed by atoms with Gasteiger partial charge in [-0.2, -0.15) is 0 Å². The molecule has 11 heavy (non-hydrogen) atoms. The van der Waals surface area contributed by atoms with E-state index in [0.717, 1.165) is 25.7 Å². The molecule has 66 valence electrons. The fourth-order valence-corrected chi connectivity index (χ4v) is 1.90. The van der Waals surface area contributed by atoms with Gasteiger partial charge in [-0.15, -0.1) is 0 Å². The largest absolute Gasteiger partial charge is 0.381 e. The van der Waals surface area contributed by atoms with E-state index in [4.69, 9.17) is 10.5 Å². The maximum atomic E-state index is 5.70. The van der Waals surface area contributed by atoms with Gasteiger partial charge in [0.1, 0.15) is 0 Å². The van der Waals surface area contributed by atoms with E-state index in [1.807, 2.05) is 0 Å². The van der Waals surface area contributed by atoms with Crippen LogP contribution in [0.4, 0.5) is 0 Å². The van der Waals surface area contributed by atoms with Crippen molar-refractivity contribution in [1.82, 2.24) is 0 Å². The summed E-state index contributed by atoms with van der Waals surface area (Å²) in [5.41, 5.74) is 5.70. The second kappa shape index (κ2) is 4.07. The van der Waals surface area contributed by atoms with Crippen LogP contribution in [-0.4, -0.2) is 19.8 Å². The number of rotatable bonds is 3. The van der Waals surface area contributed by atoms with Crippen LogP contribution in [0.25, 0.3) is 0 Å². The molecule has 2 heteroatoms. The van der Waals surface area contributed by atoms with Crippen molar-refractivity contribution in [3.63, 3.8) is 0 Å². The second-order valence-corrected chi connectivity index (χ2v) is 3.77. The molecule has 1 fully saturated rings. The Morgan fingerprint density at radius 3 is 2.64 bits per heavy atom. The molecule has 0 aromatic rings. The minimum atomic E-state index is 0.664. The summed E-state index contributed by atoms with van der Waals surface area (Å²) in [5, 5.41) is 0. The summed E-state index contributed by atoms with van der Waals surface area (Å²) >= 11 is 0. The molecule has 2 unspecified atom stereocenters. The van der Waals surface area contributed by atoms with E-state index in [9.17, 15) is 0 Å². The number of hydrogen-bond donors (Lipinski definition) is 1. The maximum Gasteiger partial charge on any atom is 0.0498 e. The van der Waals surface area contributed by atoms with Crippen LogP contribution in [0.3, 0.4) is 0 Å². The van der Waals surface area contributed by atoms with Crippen molar-refractivity contribution in [1.29, 1.82) is 0 Å². The lowest BCUT2D eigenvalue weighted by Crippen LogP contribution is -2.28. The first-order valence-corrected chi connectivity index (χ1v) is 4.53. The summed E-state index contributed by atoms with van der Waals surface area (Å²) in [5.74, 6) is 2.09. The van der Waals surface area contributed by atoms with Crippen molar-refractivity contribution >= 4 is 0 Å². The van der Waals surface area contributed by atoms with Crippen LogP contribution in [0.2, 0.25) is 0 Å². The Morgan fingerprint density at radius 2 is 2.27 bits per heavy atom. The molecular formula is C9H19NO. The Labute approximate surface area is 69.1 Å². The predicted octanol–water partition coefficient (Wildman–Crippen LogP) is 1.25. The fourth-order valence-electron chi connectivity index (χ4n) is 1.90. The van der Waals surface area contributed by atoms with Gasteiger partial charge < -0.3 is 10.5 Å². The first kappa shape index (κ1) is 9.01. The van der Waals surface area contributed by atoms with Crippen molar-refractivity contribution in [3.05, 3.63) is 0 Å². The van der Waals surface area contributed by atoms with Crippen molar-refractivity contribution in [2.75, 3.05) is 19.8 Å². The first-order chi connectivity index (χ1) is 5.25. The van der Waals surface area contributed by atoms with Crippen molar-refractivity contribution in [3.8, 4) is 0 Å². The van der Waals surface area contributed by atoms with Gasteiger partial charge in [0, 0.05) is 13.2 Å². The Hall–Kier alpha value is -0.0800. The summed E-state index contributed by atoms with van der Waals surface area (Å²) in [6.07, 6.45) is 1.21. The first-order valence-electron chi connectivity index (χ1n) is 4.53. The third-order valence-electron chi connectivity index (χ3n) is 2.70. The highest BCUT2D eigenvalue weighted by Crippen LogP contribution is 2.26. The lowest BCUT2D eigenvalue weighted by atomic mass is 9.83. The van der Waals surface area contributed by atoms with Crippen molar-refractivity contribution < 1.29 is 4.74 Å². The minimum absolute atomic E-state index is 0.664. The van der Waals surface area contributed by atoms with Gasteiger partial charge in [0.2, 0.25) is 0 Å². The molecule has 2 nitrogen and oxygen atoms in total. The monoisotopic (exact) mass is 157 g/mol. The van der Waals surface area contributed by atoms with E-state index in [0.29, 0.717) is 11.8 Å². The highest BCUT2D eigenvalue weighted by molar-refractivity contribution is 4.76. The molecule has 0 radical (unpaired) electrons. The molecular weight excluding hydrogens is 138 g/mol. The van der Waals surface area contributed by atoms with E-state index < -0.39 is 0 Å². The smallest absolute Gasteiger partial charge is 0.0498 e. The third kappa shape index (κ3) is 2.17. The van der Waals surface area contributed by atoms with Gasteiger partial charge in [-0.25, -0.2) is 0 Å². The number of nitrogens with two attached hydrogens (primary N) is 1. The average molecular weight is 157 g/mol. The fraction of sp³-hybridized carbons (Fsp3) is 1.00. The molecule has 0 aromatic heterocycles. The minimum Gasteiger partial charge on any atom is -0.381 e. The molecule has 0 bridgehead atoms. The molecule has 1 rings (SSSR count). The zero-order valence-electron chi connectivity index (χ0n) is 7.55. The predicted molar refractivity (Wildman–Crippen MR) is 46.3 cm³/mol. The Kier molecular flexibility index (Phi) is 3.34. The van der Waals surface area contributed by atoms with E-state index in [-0.39, 0.29) is 0 Å². The summed E-state index contributed by atoms with van der Waals surface area (Å²) < 4.78 is 5.33. The van der Waals surface area contributed by atoms with Gasteiger partial charge in [-0.05, 0) is 30.7 Å². The highest BCUT2D eigenvalue weighted by Gasteiger charge is 2.26. The van der Waals surface area contributed by atoms with E-state index in [2.05, 4.69) is 13.8 Å². The van der Waals surface area contributed by atoms with Crippen LogP contribution in [0.1, 0.15) is 20.3 Å². The molecule has 0 spiro atoms. The molecule has 1 aliphatic heterocycles. The molecule has 2 N–H and O–H groups in total. The molecule has 1 heterocycles. The van der Waals surface area contributed by atoms with Crippen LogP contribution in [0.15, 0.2) is 0 Å². The van der Waals surface area contributed by atoms with Gasteiger partial charge in [-0.1, -0.05) is 13.8 Å².